The van der Waals surface area contributed by atoms with Gasteiger partial charge in [-0.3, -0.25) is 4.90 Å². The van der Waals surface area contributed by atoms with Crippen molar-refractivity contribution in [3.8, 4) is 17.6 Å². The number of alkyl halides is 1. The number of anilines is 3. The highest BCUT2D eigenvalue weighted by atomic mass is 32.1. The number of nitrogens with two attached hydrogens (primary N) is 1. The number of piperazine rings is 1. The van der Waals surface area contributed by atoms with E-state index in [2.05, 4.69) is 50.3 Å². The maximum Gasteiger partial charge on any atom is 0.237 e. The molecule has 0 aromatic carbocycles. The Labute approximate surface area is 249 Å². The molecule has 3 aromatic rings. The number of pyridine rings is 1. The van der Waals surface area contributed by atoms with Crippen molar-refractivity contribution < 1.29 is 8.91 Å². The van der Waals surface area contributed by atoms with Gasteiger partial charge in [0.15, 0.2) is 0 Å². The lowest BCUT2D eigenvalue weighted by Gasteiger charge is -2.38. The monoisotopic (exact) mass is 591 g/mol. The average molecular weight is 592 g/mol. The third-order valence-corrected chi connectivity index (χ3v) is 10.7. The van der Waals surface area contributed by atoms with Gasteiger partial charge in [0.05, 0.1) is 11.0 Å². The normalized spacial score (nSPS) is 25.5. The fourth-order valence-electron chi connectivity index (χ4n) is 7.28. The summed E-state index contributed by atoms with van der Waals surface area (Å²) in [5.41, 5.74) is 8.93. The number of nitrogens with zero attached hydrogens (tertiary/aromatic N) is 7. The van der Waals surface area contributed by atoms with Crippen LogP contribution in [0, 0.1) is 11.3 Å². The Morgan fingerprint density at radius 2 is 1.93 bits per heavy atom. The highest BCUT2D eigenvalue weighted by molar-refractivity contribution is 7.16. The van der Waals surface area contributed by atoms with Crippen molar-refractivity contribution in [1.82, 2.24) is 25.3 Å². The Balaban J connectivity index is 1.20. The van der Waals surface area contributed by atoms with Gasteiger partial charge < -0.3 is 25.4 Å². The molecule has 4 aliphatic rings. The van der Waals surface area contributed by atoms with Gasteiger partial charge in [-0.1, -0.05) is 5.16 Å². The number of hydrogen-bond acceptors (Lipinski definition) is 11. The minimum atomic E-state index is -0.686. The maximum absolute atomic E-state index is 13.8. The molecule has 12 heteroatoms. The van der Waals surface area contributed by atoms with Crippen LogP contribution in [0.4, 0.5) is 20.9 Å². The van der Waals surface area contributed by atoms with Crippen LogP contribution in [0.25, 0.3) is 11.5 Å². The second kappa shape index (κ2) is 11.1. The molecular formula is C30H38FN9OS. The first-order valence-corrected chi connectivity index (χ1v) is 16.0. The molecule has 2 atom stereocenters. The second-order valence-corrected chi connectivity index (χ2v) is 13.4. The van der Waals surface area contributed by atoms with E-state index in [-0.39, 0.29) is 0 Å². The van der Waals surface area contributed by atoms with Gasteiger partial charge in [-0.2, -0.15) is 10.2 Å². The van der Waals surface area contributed by atoms with E-state index in [0.29, 0.717) is 47.0 Å². The number of rotatable bonds is 5. The summed E-state index contributed by atoms with van der Waals surface area (Å²) in [6, 6.07) is 7.01. The van der Waals surface area contributed by atoms with Crippen LogP contribution in [-0.4, -0.2) is 84.6 Å². The Bertz CT molecular complexity index is 1490. The Morgan fingerprint density at radius 1 is 1.12 bits per heavy atom. The highest BCUT2D eigenvalue weighted by Gasteiger charge is 2.43. The van der Waals surface area contributed by atoms with Gasteiger partial charge in [0.2, 0.25) is 11.7 Å². The van der Waals surface area contributed by atoms with Crippen LogP contribution in [0.2, 0.25) is 0 Å². The van der Waals surface area contributed by atoms with Crippen molar-refractivity contribution in [2.24, 2.45) is 0 Å². The molecule has 3 aromatic heterocycles. The van der Waals surface area contributed by atoms with Gasteiger partial charge >= 0.3 is 0 Å². The summed E-state index contributed by atoms with van der Waals surface area (Å²) in [7, 11) is 0. The van der Waals surface area contributed by atoms with Gasteiger partial charge in [-0.15, -0.1) is 11.3 Å². The smallest absolute Gasteiger partial charge is 0.237 e. The van der Waals surface area contributed by atoms with Crippen LogP contribution < -0.4 is 20.9 Å². The highest BCUT2D eigenvalue weighted by Crippen LogP contribution is 2.48. The molecule has 3 fully saturated rings. The lowest BCUT2D eigenvalue weighted by atomic mass is 9.72. The number of fused-ring (bicyclic) bond motifs is 1. The van der Waals surface area contributed by atoms with Crippen molar-refractivity contribution >= 4 is 27.8 Å². The largest absolute Gasteiger partial charge is 0.389 e. The molecule has 222 valence electrons. The van der Waals surface area contributed by atoms with Crippen LogP contribution in [-0.2, 0) is 11.8 Å². The van der Waals surface area contributed by atoms with Gasteiger partial charge in [0, 0.05) is 80.6 Å². The number of aryl methyl sites for hydroxylation is 1. The third-order valence-electron chi connectivity index (χ3n) is 9.63. The zero-order valence-corrected chi connectivity index (χ0v) is 24.9. The molecule has 1 aliphatic carbocycles. The summed E-state index contributed by atoms with van der Waals surface area (Å²) in [4.78, 5) is 18.2. The molecule has 7 rings (SSSR count). The molecule has 42 heavy (non-hydrogen) atoms. The van der Waals surface area contributed by atoms with Gasteiger partial charge in [0.1, 0.15) is 28.8 Å². The van der Waals surface area contributed by atoms with E-state index in [4.69, 9.17) is 20.2 Å². The first kappa shape index (κ1) is 27.6. The molecule has 0 bridgehead atoms. The van der Waals surface area contributed by atoms with E-state index < -0.39 is 11.6 Å². The summed E-state index contributed by atoms with van der Waals surface area (Å²) < 4.78 is 19.8. The Kier molecular flexibility index (Phi) is 7.28. The van der Waals surface area contributed by atoms with E-state index >= 15 is 0 Å². The minimum Gasteiger partial charge on any atom is -0.389 e. The first-order valence-electron chi connectivity index (χ1n) is 15.2. The molecule has 0 amide bonds. The molecule has 0 saturated carbocycles. The summed E-state index contributed by atoms with van der Waals surface area (Å²) in [5.74, 6) is 1.87. The summed E-state index contributed by atoms with van der Waals surface area (Å²) >= 11 is 1.50. The fraction of sp³-hybridized carbons (Fsp3) is 0.600. The molecule has 10 nitrogen and oxygen atoms in total. The van der Waals surface area contributed by atoms with Crippen LogP contribution in [0.15, 0.2) is 16.7 Å². The van der Waals surface area contributed by atoms with Crippen molar-refractivity contribution in [3.63, 3.8) is 0 Å². The van der Waals surface area contributed by atoms with Gasteiger partial charge in [-0.05, 0) is 51.5 Å². The number of nitrogen functional groups attached to an aromatic ring is 1. The van der Waals surface area contributed by atoms with Crippen molar-refractivity contribution in [1.29, 1.82) is 5.26 Å². The number of halogens is 1. The first-order chi connectivity index (χ1) is 20.4. The quantitative estimate of drug-likeness (QED) is 0.454. The van der Waals surface area contributed by atoms with Crippen LogP contribution in [0.3, 0.4) is 0 Å². The number of thiophene rings is 1. The van der Waals surface area contributed by atoms with Gasteiger partial charge in [0.25, 0.3) is 0 Å². The Morgan fingerprint density at radius 3 is 2.67 bits per heavy atom. The molecule has 0 spiro atoms. The van der Waals surface area contributed by atoms with E-state index in [0.717, 1.165) is 99.9 Å². The summed E-state index contributed by atoms with van der Waals surface area (Å²) in [5, 5.41) is 18.3. The maximum atomic E-state index is 13.8. The average Bonchev–Trinajstić information content (AvgIpc) is 3.77. The minimum absolute atomic E-state index is 0.433. The zero-order valence-electron chi connectivity index (χ0n) is 24.1. The Hall–Kier alpha value is -3.27. The van der Waals surface area contributed by atoms with Crippen molar-refractivity contribution in [2.75, 3.05) is 67.9 Å². The zero-order chi connectivity index (χ0) is 28.8. The topological polar surface area (TPSA) is 123 Å². The van der Waals surface area contributed by atoms with Crippen LogP contribution >= 0.6 is 11.3 Å². The summed E-state index contributed by atoms with van der Waals surface area (Å²) in [6.07, 6.45) is 4.65. The number of nitriles is 1. The van der Waals surface area contributed by atoms with E-state index in [9.17, 15) is 9.65 Å². The SMILES string of the molecule is CC1(c2nc(-c3cc(N4CCNCC4)cc(N4CCC(N5CC[C@@H](F)C5)CC4)n3)no2)CCCc2sc(N)c(C#N)c21. The summed E-state index contributed by atoms with van der Waals surface area (Å²) in [6.45, 7) is 8.97. The molecule has 1 unspecified atom stereocenters. The fourth-order valence-corrected chi connectivity index (χ4v) is 8.47. The number of piperidine rings is 1. The van der Waals surface area contributed by atoms with Crippen molar-refractivity contribution in [3.05, 3.63) is 34.0 Å². The molecular weight excluding hydrogens is 553 g/mol. The third kappa shape index (κ3) is 4.91. The van der Waals surface area contributed by atoms with E-state index in [1.54, 1.807) is 0 Å². The predicted molar refractivity (Wildman–Crippen MR) is 162 cm³/mol. The molecule has 6 heterocycles. The lowest BCUT2D eigenvalue weighted by molar-refractivity contribution is 0.192. The van der Waals surface area contributed by atoms with E-state index in [1.165, 1.54) is 11.3 Å². The molecule has 3 N–H and O–H groups in total. The molecule has 0 radical (unpaired) electrons. The van der Waals surface area contributed by atoms with E-state index in [1.807, 2.05) is 0 Å². The number of aromatic nitrogens is 3. The van der Waals surface area contributed by atoms with Crippen molar-refractivity contribution in [2.45, 2.75) is 63.1 Å². The number of likely N-dealkylation sites (tertiary alicyclic amines) is 1. The molecule has 3 aliphatic heterocycles. The predicted octanol–water partition coefficient (Wildman–Crippen LogP) is 3.71. The standard InChI is InChI=1S/C30H38FN9OS/c1-30(7-2-3-24-26(30)22(17-32)27(33)42-24)29-36-28(37-41-29)23-15-21(38-13-8-34-9-14-38)16-25(35-23)39-11-5-20(6-12-39)40-10-4-19(31)18-40/h15-16,19-20,34H,2-14,18,33H2,1H3/t19-,30?/m1/s1. The van der Waals surface area contributed by atoms with Gasteiger partial charge in [-0.25, -0.2) is 9.37 Å². The lowest BCUT2D eigenvalue weighted by Crippen LogP contribution is -2.45. The number of nitrogens with one attached hydrogen (secondary N) is 1. The second-order valence-electron chi connectivity index (χ2n) is 12.3. The number of hydrogen-bond donors (Lipinski definition) is 2. The van der Waals surface area contributed by atoms with Crippen LogP contribution in [0.5, 0.6) is 0 Å². The molecule has 3 saturated heterocycles. The van der Waals surface area contributed by atoms with Crippen LogP contribution in [0.1, 0.15) is 60.9 Å².